The first-order valence-electron chi connectivity index (χ1n) is 7.56. The van der Waals surface area contributed by atoms with Crippen LogP contribution in [0.4, 0.5) is 13.2 Å². The topological polar surface area (TPSA) is 52.0 Å². The van der Waals surface area contributed by atoms with Gasteiger partial charge in [-0.05, 0) is 24.3 Å². The van der Waals surface area contributed by atoms with Gasteiger partial charge in [0.1, 0.15) is 0 Å². The molecular formula is C18H13F3N2O2S. The molecule has 1 heterocycles. The predicted molar refractivity (Wildman–Crippen MR) is 93.5 cm³/mol. The zero-order valence-corrected chi connectivity index (χ0v) is 14.4. The Bertz CT molecular complexity index is 1040. The fraction of sp³-hybridized carbons (Fsp3) is 0.167. The van der Waals surface area contributed by atoms with E-state index in [0.717, 1.165) is 23.9 Å². The molecule has 0 atom stereocenters. The Kier molecular flexibility index (Phi) is 4.86. The van der Waals surface area contributed by atoms with Crippen molar-refractivity contribution in [3.8, 4) is 0 Å². The Hall–Kier alpha value is -2.61. The highest BCUT2D eigenvalue weighted by molar-refractivity contribution is 7.99. The standard InChI is InChI=1S/C18H13F3N2O2S/c1-23-16(25)13-7-2-3-8-14(13)22-17(23)26-10-15(24)11-5-4-6-12(9-11)18(19,20)21/h2-9H,10H2,1H3. The number of aromatic nitrogens is 2. The van der Waals surface area contributed by atoms with Crippen LogP contribution in [0.1, 0.15) is 15.9 Å². The van der Waals surface area contributed by atoms with Crippen LogP contribution in [0, 0.1) is 0 Å². The average molecular weight is 378 g/mol. The minimum atomic E-state index is -4.51. The van der Waals surface area contributed by atoms with Crippen molar-refractivity contribution in [2.75, 3.05) is 5.75 Å². The lowest BCUT2D eigenvalue weighted by Crippen LogP contribution is -2.20. The fourth-order valence-electron chi connectivity index (χ4n) is 2.41. The van der Waals surface area contributed by atoms with Crippen molar-refractivity contribution in [1.29, 1.82) is 0 Å². The van der Waals surface area contributed by atoms with Gasteiger partial charge < -0.3 is 0 Å². The Morgan fingerprint density at radius 2 is 1.88 bits per heavy atom. The van der Waals surface area contributed by atoms with Crippen molar-refractivity contribution >= 4 is 28.4 Å². The van der Waals surface area contributed by atoms with Gasteiger partial charge in [0.25, 0.3) is 5.56 Å². The second-order valence-electron chi connectivity index (χ2n) is 5.57. The van der Waals surface area contributed by atoms with E-state index in [-0.39, 0.29) is 16.9 Å². The second kappa shape index (κ2) is 6.95. The SMILES string of the molecule is Cn1c(SCC(=O)c2cccc(C(F)(F)F)c2)nc2ccccc2c1=O. The Labute approximate surface area is 150 Å². The maximum Gasteiger partial charge on any atom is 0.416 e. The molecule has 3 aromatic rings. The number of ketones is 1. The van der Waals surface area contributed by atoms with Gasteiger partial charge in [0.05, 0.1) is 22.2 Å². The van der Waals surface area contributed by atoms with E-state index in [9.17, 15) is 22.8 Å². The quantitative estimate of drug-likeness (QED) is 0.392. The van der Waals surface area contributed by atoms with Crippen LogP contribution >= 0.6 is 11.8 Å². The first-order valence-corrected chi connectivity index (χ1v) is 8.55. The highest BCUT2D eigenvalue weighted by Crippen LogP contribution is 2.30. The molecule has 3 rings (SSSR count). The molecule has 0 unspecified atom stereocenters. The summed E-state index contributed by atoms with van der Waals surface area (Å²) >= 11 is 1.01. The number of halogens is 3. The number of alkyl halides is 3. The molecule has 0 saturated carbocycles. The molecule has 0 N–H and O–H groups in total. The molecule has 0 aliphatic rings. The lowest BCUT2D eigenvalue weighted by Gasteiger charge is -2.09. The monoisotopic (exact) mass is 378 g/mol. The Morgan fingerprint density at radius 1 is 1.15 bits per heavy atom. The third-order valence-corrected chi connectivity index (χ3v) is 4.82. The summed E-state index contributed by atoms with van der Waals surface area (Å²) in [5.41, 5.74) is -0.642. The number of hydrogen-bond donors (Lipinski definition) is 0. The number of para-hydroxylation sites is 1. The van der Waals surface area contributed by atoms with Crippen LogP contribution in [0.3, 0.4) is 0 Å². The molecule has 0 spiro atoms. The van der Waals surface area contributed by atoms with E-state index in [1.165, 1.54) is 16.7 Å². The van der Waals surface area contributed by atoms with Gasteiger partial charge in [0.15, 0.2) is 10.9 Å². The summed E-state index contributed by atoms with van der Waals surface area (Å²) in [4.78, 5) is 28.9. The minimum absolute atomic E-state index is 0.0295. The van der Waals surface area contributed by atoms with Crippen molar-refractivity contribution in [3.63, 3.8) is 0 Å². The second-order valence-corrected chi connectivity index (χ2v) is 6.51. The molecule has 134 valence electrons. The van der Waals surface area contributed by atoms with Crippen molar-refractivity contribution in [2.24, 2.45) is 7.05 Å². The van der Waals surface area contributed by atoms with Gasteiger partial charge in [0.2, 0.25) is 0 Å². The van der Waals surface area contributed by atoms with Crippen molar-refractivity contribution in [2.45, 2.75) is 11.3 Å². The zero-order valence-electron chi connectivity index (χ0n) is 13.6. The lowest BCUT2D eigenvalue weighted by atomic mass is 10.1. The summed E-state index contributed by atoms with van der Waals surface area (Å²) in [6.45, 7) is 0. The van der Waals surface area contributed by atoms with E-state index in [0.29, 0.717) is 16.1 Å². The predicted octanol–water partition coefficient (Wildman–Crippen LogP) is 3.93. The number of Topliss-reactive ketones (excluding diaryl/α,β-unsaturated/α-hetero) is 1. The van der Waals surface area contributed by atoms with Gasteiger partial charge in [-0.3, -0.25) is 14.2 Å². The molecule has 0 radical (unpaired) electrons. The maximum absolute atomic E-state index is 12.8. The van der Waals surface area contributed by atoms with Crippen LogP contribution in [0.15, 0.2) is 58.5 Å². The van der Waals surface area contributed by atoms with Crippen LogP contribution in [0.5, 0.6) is 0 Å². The largest absolute Gasteiger partial charge is 0.416 e. The van der Waals surface area contributed by atoms with E-state index in [2.05, 4.69) is 4.98 Å². The first kappa shape index (κ1) is 18.2. The summed E-state index contributed by atoms with van der Waals surface area (Å²) < 4.78 is 39.6. The summed E-state index contributed by atoms with van der Waals surface area (Å²) in [6.07, 6.45) is -4.51. The minimum Gasteiger partial charge on any atom is -0.293 e. The number of carbonyl (C=O) groups excluding carboxylic acids is 1. The Balaban J connectivity index is 1.83. The summed E-state index contributed by atoms with van der Waals surface area (Å²) in [5, 5.41) is 0.789. The number of nitrogens with zero attached hydrogens (tertiary/aromatic N) is 2. The van der Waals surface area contributed by atoms with Gasteiger partial charge in [-0.25, -0.2) is 4.98 Å². The summed E-state index contributed by atoms with van der Waals surface area (Å²) in [7, 11) is 1.54. The number of rotatable bonds is 4. The first-order chi connectivity index (χ1) is 12.3. The van der Waals surface area contributed by atoms with Crippen molar-refractivity contribution < 1.29 is 18.0 Å². The van der Waals surface area contributed by atoms with Gasteiger partial charge in [-0.1, -0.05) is 36.0 Å². The smallest absolute Gasteiger partial charge is 0.293 e. The summed E-state index contributed by atoms with van der Waals surface area (Å²) in [6, 6.07) is 11.1. The lowest BCUT2D eigenvalue weighted by molar-refractivity contribution is -0.137. The van der Waals surface area contributed by atoms with Gasteiger partial charge in [0, 0.05) is 12.6 Å². The van der Waals surface area contributed by atoms with E-state index < -0.39 is 17.5 Å². The molecule has 1 aromatic heterocycles. The summed E-state index contributed by atoms with van der Waals surface area (Å²) in [5.74, 6) is -0.594. The normalized spacial score (nSPS) is 11.7. The molecule has 8 heteroatoms. The van der Waals surface area contributed by atoms with E-state index in [1.54, 1.807) is 31.3 Å². The number of fused-ring (bicyclic) bond motifs is 1. The van der Waals surface area contributed by atoms with E-state index in [1.807, 2.05) is 0 Å². The van der Waals surface area contributed by atoms with Gasteiger partial charge in [-0.15, -0.1) is 0 Å². The molecular weight excluding hydrogens is 365 g/mol. The zero-order chi connectivity index (χ0) is 18.9. The number of thioether (sulfide) groups is 1. The molecule has 0 fully saturated rings. The van der Waals surface area contributed by atoms with Crippen molar-refractivity contribution in [3.05, 3.63) is 70.0 Å². The van der Waals surface area contributed by atoms with Crippen LogP contribution < -0.4 is 5.56 Å². The van der Waals surface area contributed by atoms with Crippen molar-refractivity contribution in [1.82, 2.24) is 9.55 Å². The van der Waals surface area contributed by atoms with Gasteiger partial charge >= 0.3 is 6.18 Å². The highest BCUT2D eigenvalue weighted by Gasteiger charge is 2.30. The average Bonchev–Trinajstić information content (AvgIpc) is 2.62. The fourth-order valence-corrected chi connectivity index (χ4v) is 3.28. The molecule has 0 bridgehead atoms. The number of benzene rings is 2. The van der Waals surface area contributed by atoms with E-state index >= 15 is 0 Å². The van der Waals surface area contributed by atoms with E-state index in [4.69, 9.17) is 0 Å². The van der Waals surface area contributed by atoms with Crippen LogP contribution in [-0.4, -0.2) is 21.1 Å². The van der Waals surface area contributed by atoms with Crippen LogP contribution in [0.2, 0.25) is 0 Å². The third-order valence-electron chi connectivity index (χ3n) is 3.79. The van der Waals surface area contributed by atoms with Crippen LogP contribution in [0.25, 0.3) is 10.9 Å². The highest BCUT2D eigenvalue weighted by atomic mass is 32.2. The van der Waals surface area contributed by atoms with Crippen LogP contribution in [-0.2, 0) is 13.2 Å². The maximum atomic E-state index is 12.8. The molecule has 2 aromatic carbocycles. The number of carbonyl (C=O) groups is 1. The van der Waals surface area contributed by atoms with Gasteiger partial charge in [-0.2, -0.15) is 13.2 Å². The molecule has 4 nitrogen and oxygen atoms in total. The molecule has 0 saturated heterocycles. The molecule has 0 aliphatic carbocycles. The third kappa shape index (κ3) is 3.65. The number of hydrogen-bond acceptors (Lipinski definition) is 4. The molecule has 0 aliphatic heterocycles. The Morgan fingerprint density at radius 3 is 2.62 bits per heavy atom. The molecule has 0 amide bonds. The molecule has 26 heavy (non-hydrogen) atoms.